The molecule has 3 amide bonds. The molecule has 14 nitrogen and oxygen atoms in total. The number of fused-ring (bicyclic) bond motifs is 1. The Hall–Kier alpha value is -5.87. The van der Waals surface area contributed by atoms with Gasteiger partial charge in [-0.25, -0.2) is 22.3 Å². The van der Waals surface area contributed by atoms with Crippen LogP contribution in [0.4, 0.5) is 4.39 Å². The van der Waals surface area contributed by atoms with E-state index in [1.165, 1.54) is 43.4 Å². The molecule has 1 aromatic heterocycles. The van der Waals surface area contributed by atoms with Crippen LogP contribution < -0.4 is 20.7 Å². The summed E-state index contributed by atoms with van der Waals surface area (Å²) in [6.45, 7) is 0.940. The first-order valence-corrected chi connectivity index (χ1v) is 19.2. The minimum absolute atomic E-state index is 0.00438. The highest BCUT2D eigenvalue weighted by atomic mass is 32.2. The van der Waals surface area contributed by atoms with Crippen LogP contribution in [0.5, 0.6) is 0 Å². The van der Waals surface area contributed by atoms with Crippen LogP contribution in [-0.4, -0.2) is 68.7 Å². The van der Waals surface area contributed by atoms with Gasteiger partial charge in [-0.05, 0) is 97.7 Å². The second kappa shape index (κ2) is 15.8. The van der Waals surface area contributed by atoms with Crippen LogP contribution in [-0.2, 0) is 46.2 Å². The van der Waals surface area contributed by atoms with Crippen molar-refractivity contribution in [1.29, 1.82) is 0 Å². The van der Waals surface area contributed by atoms with Crippen molar-refractivity contribution in [2.24, 2.45) is 0 Å². The van der Waals surface area contributed by atoms with Crippen LogP contribution >= 0.6 is 0 Å². The van der Waals surface area contributed by atoms with E-state index < -0.39 is 68.9 Å². The van der Waals surface area contributed by atoms with E-state index in [2.05, 4.69) is 25.4 Å². The SMILES string of the molecule is CCOC(=O)C(=O)/C=C(\O)c1cccc(CNC(=O)C2(NC(=O)CNS(=O)(=O)Cc3cc4oc(-c5ccc(F)cc5)c(C(=O)NC)c4cc3C3CC3)CC2)c1. The van der Waals surface area contributed by atoms with E-state index in [1.54, 1.807) is 31.2 Å². The Morgan fingerprint density at radius 3 is 2.42 bits per heavy atom. The Morgan fingerprint density at radius 1 is 1.04 bits per heavy atom. The third kappa shape index (κ3) is 9.09. The first kappa shape index (κ1) is 38.8. The summed E-state index contributed by atoms with van der Waals surface area (Å²) >= 11 is 0. The molecule has 55 heavy (non-hydrogen) atoms. The molecule has 4 aromatic rings. The van der Waals surface area contributed by atoms with E-state index >= 15 is 0 Å². The third-order valence-electron chi connectivity index (χ3n) is 9.31. The van der Waals surface area contributed by atoms with E-state index in [1.807, 2.05) is 0 Å². The zero-order valence-electron chi connectivity index (χ0n) is 30.0. The predicted molar refractivity (Wildman–Crippen MR) is 198 cm³/mol. The summed E-state index contributed by atoms with van der Waals surface area (Å²) in [6, 6.07) is 15.1. The molecule has 288 valence electrons. The number of hydrogen-bond acceptors (Lipinski definition) is 10. The largest absolute Gasteiger partial charge is 0.507 e. The molecular weight excluding hydrogens is 736 g/mol. The second-order valence-corrected chi connectivity index (χ2v) is 15.2. The number of ketones is 1. The number of amides is 3. The number of sulfonamides is 1. The van der Waals surface area contributed by atoms with Crippen molar-refractivity contribution in [2.75, 3.05) is 20.2 Å². The summed E-state index contributed by atoms with van der Waals surface area (Å²) in [5.74, 6) is -4.83. The van der Waals surface area contributed by atoms with Crippen LogP contribution in [0.2, 0.25) is 0 Å². The van der Waals surface area contributed by atoms with Gasteiger partial charge in [0.25, 0.3) is 11.7 Å². The Morgan fingerprint density at radius 2 is 1.76 bits per heavy atom. The fourth-order valence-electron chi connectivity index (χ4n) is 6.19. The van der Waals surface area contributed by atoms with Crippen molar-refractivity contribution >= 4 is 56.2 Å². The maximum Gasteiger partial charge on any atom is 0.379 e. The molecule has 0 atom stereocenters. The minimum Gasteiger partial charge on any atom is -0.507 e. The molecule has 2 saturated carbocycles. The van der Waals surface area contributed by atoms with Crippen molar-refractivity contribution in [2.45, 2.75) is 56.4 Å². The van der Waals surface area contributed by atoms with Gasteiger partial charge in [0.15, 0.2) is 0 Å². The fraction of sp³-hybridized carbons (Fsp3) is 0.308. The molecule has 0 radical (unpaired) electrons. The third-order valence-corrected chi connectivity index (χ3v) is 10.6. The first-order chi connectivity index (χ1) is 26.2. The molecule has 0 spiro atoms. The molecule has 2 aliphatic rings. The molecule has 16 heteroatoms. The monoisotopic (exact) mass is 774 g/mol. The average molecular weight is 775 g/mol. The van der Waals surface area contributed by atoms with E-state index in [0.717, 1.165) is 24.5 Å². The van der Waals surface area contributed by atoms with Gasteiger partial charge in [0.05, 0.1) is 24.5 Å². The topological polar surface area (TPSA) is 210 Å². The number of hydrogen-bond donors (Lipinski definition) is 5. The highest BCUT2D eigenvalue weighted by Crippen LogP contribution is 2.45. The molecule has 0 saturated heterocycles. The first-order valence-electron chi connectivity index (χ1n) is 17.6. The Labute approximate surface area is 315 Å². The molecule has 1 heterocycles. The van der Waals surface area contributed by atoms with Gasteiger partial charge in [0.1, 0.15) is 28.5 Å². The van der Waals surface area contributed by atoms with Crippen molar-refractivity contribution < 1.29 is 51.0 Å². The number of furan rings is 1. The lowest BCUT2D eigenvalue weighted by atomic mass is 9.98. The zero-order valence-corrected chi connectivity index (χ0v) is 30.8. The second-order valence-electron chi connectivity index (χ2n) is 13.4. The fourth-order valence-corrected chi connectivity index (χ4v) is 7.31. The van der Waals surface area contributed by atoms with Gasteiger partial charge in [-0.3, -0.25) is 19.2 Å². The van der Waals surface area contributed by atoms with Crippen molar-refractivity contribution in [3.05, 3.63) is 100 Å². The molecule has 0 bridgehead atoms. The predicted octanol–water partition coefficient (Wildman–Crippen LogP) is 3.89. The number of esters is 1. The summed E-state index contributed by atoms with van der Waals surface area (Å²) < 4.78 is 53.4. The standard InChI is InChI=1S/C39H39FN4O10S/c1-3-53-37(49)31(46)18-30(45)25-6-4-5-22(15-25)19-42-38(50)39(13-14-39)44-33(47)20-43-55(51,52)21-26-16-32-29(17-28(26)23-7-8-23)34(36(48)41-2)35(54-32)24-9-11-27(40)12-10-24/h4-6,9-12,15-18,23,43,45H,3,7-8,13-14,19-21H2,1-2H3,(H,41,48)(H,42,50)(H,44,47)/b30-18-. The van der Waals surface area contributed by atoms with Gasteiger partial charge in [-0.2, -0.15) is 0 Å². The Kier molecular flexibility index (Phi) is 11.2. The van der Waals surface area contributed by atoms with E-state index in [9.17, 15) is 41.9 Å². The summed E-state index contributed by atoms with van der Waals surface area (Å²) in [6.07, 6.45) is 3.09. The highest BCUT2D eigenvalue weighted by molar-refractivity contribution is 7.88. The molecule has 2 fully saturated rings. The van der Waals surface area contributed by atoms with Crippen LogP contribution in [0.25, 0.3) is 28.1 Å². The van der Waals surface area contributed by atoms with Crippen molar-refractivity contribution in [1.82, 2.24) is 20.7 Å². The summed E-state index contributed by atoms with van der Waals surface area (Å²) in [5, 5.41) is 18.8. The number of ether oxygens (including phenoxy) is 1. The van der Waals surface area contributed by atoms with Gasteiger partial charge >= 0.3 is 5.97 Å². The number of aliphatic hydroxyl groups excluding tert-OH is 1. The Bertz CT molecular complexity index is 2330. The zero-order chi connectivity index (χ0) is 39.5. The van der Waals surface area contributed by atoms with E-state index in [4.69, 9.17) is 4.42 Å². The lowest BCUT2D eigenvalue weighted by molar-refractivity contribution is -0.151. The number of carbonyl (C=O) groups is 5. The normalized spacial score (nSPS) is 14.9. The number of rotatable bonds is 16. The summed E-state index contributed by atoms with van der Waals surface area (Å²) in [5.41, 5.74) is 1.74. The van der Waals surface area contributed by atoms with Gasteiger partial charge in [-0.15, -0.1) is 0 Å². The molecule has 6 rings (SSSR count). The number of carbonyl (C=O) groups excluding carboxylic acids is 5. The molecule has 0 unspecified atom stereocenters. The Balaban J connectivity index is 1.09. The van der Waals surface area contributed by atoms with Crippen molar-refractivity contribution in [3.8, 4) is 11.3 Å². The van der Waals surface area contributed by atoms with Crippen LogP contribution in [0, 0.1) is 5.82 Å². The lowest BCUT2D eigenvalue weighted by Crippen LogP contribution is -2.51. The van der Waals surface area contributed by atoms with Gasteiger partial charge < -0.3 is 30.2 Å². The number of benzene rings is 3. The number of aliphatic hydroxyl groups is 1. The van der Waals surface area contributed by atoms with Crippen LogP contribution in [0.3, 0.4) is 0 Å². The summed E-state index contributed by atoms with van der Waals surface area (Å²) in [7, 11) is -2.60. The molecule has 0 aliphatic heterocycles. The minimum atomic E-state index is -4.08. The molecule has 5 N–H and O–H groups in total. The van der Waals surface area contributed by atoms with Gasteiger partial charge in [0, 0.05) is 36.2 Å². The average Bonchev–Trinajstić information content (AvgIpc) is 4.11. The lowest BCUT2D eigenvalue weighted by Gasteiger charge is -2.18. The summed E-state index contributed by atoms with van der Waals surface area (Å²) in [4.78, 5) is 62.6. The van der Waals surface area contributed by atoms with Crippen molar-refractivity contribution in [3.63, 3.8) is 0 Å². The maximum absolute atomic E-state index is 13.7. The van der Waals surface area contributed by atoms with Crippen LogP contribution in [0.1, 0.15) is 71.1 Å². The molecule has 2 aliphatic carbocycles. The van der Waals surface area contributed by atoms with Gasteiger partial charge in [0.2, 0.25) is 21.8 Å². The smallest absolute Gasteiger partial charge is 0.379 e. The quantitative estimate of drug-likeness (QED) is 0.0480. The maximum atomic E-state index is 13.7. The number of nitrogens with one attached hydrogen (secondary N) is 4. The van der Waals surface area contributed by atoms with Gasteiger partial charge in [-0.1, -0.05) is 18.2 Å². The van der Waals surface area contributed by atoms with E-state index in [0.29, 0.717) is 34.9 Å². The molecular formula is C39H39FN4O10S. The number of halogens is 1. The van der Waals surface area contributed by atoms with E-state index in [-0.39, 0.29) is 41.5 Å². The van der Waals surface area contributed by atoms with Crippen LogP contribution in [0.15, 0.2) is 71.2 Å². The molecule has 3 aromatic carbocycles. The highest BCUT2D eigenvalue weighted by Gasteiger charge is 2.51.